The van der Waals surface area contributed by atoms with Crippen LogP contribution in [0.2, 0.25) is 0 Å². The first-order valence-corrected chi connectivity index (χ1v) is 8.86. The van der Waals surface area contributed by atoms with Crippen molar-refractivity contribution < 1.29 is 8.42 Å². The van der Waals surface area contributed by atoms with Gasteiger partial charge in [0.15, 0.2) is 0 Å². The van der Waals surface area contributed by atoms with E-state index in [1.165, 1.54) is 0 Å². The van der Waals surface area contributed by atoms with Gasteiger partial charge in [-0.05, 0) is 30.5 Å². The fourth-order valence-corrected chi connectivity index (χ4v) is 4.23. The minimum atomic E-state index is -3.32. The molecule has 5 nitrogen and oxygen atoms in total. The van der Waals surface area contributed by atoms with E-state index in [-0.39, 0.29) is 0 Å². The van der Waals surface area contributed by atoms with Crippen LogP contribution in [0.4, 0.5) is 5.69 Å². The lowest BCUT2D eigenvalue weighted by atomic mass is 10.2. The lowest BCUT2D eigenvalue weighted by Gasteiger charge is -2.26. The molecule has 1 saturated heterocycles. The molecule has 0 atom stereocenters. The van der Waals surface area contributed by atoms with Gasteiger partial charge in [0.05, 0.1) is 0 Å². The Kier molecular flexibility index (Phi) is 5.24. The number of hydrogen-bond acceptors (Lipinski definition) is 3. The first-order chi connectivity index (χ1) is 9.95. The van der Waals surface area contributed by atoms with Crippen LogP contribution in [0.1, 0.15) is 25.3 Å². The Morgan fingerprint density at radius 2 is 1.67 bits per heavy atom. The van der Waals surface area contributed by atoms with Gasteiger partial charge in [0, 0.05) is 46.0 Å². The fourth-order valence-electron chi connectivity index (χ4n) is 2.54. The highest BCUT2D eigenvalue weighted by atomic mass is 32.2. The van der Waals surface area contributed by atoms with Crippen LogP contribution in [-0.2, 0) is 16.8 Å². The first-order valence-electron chi connectivity index (χ1n) is 7.46. The van der Waals surface area contributed by atoms with Gasteiger partial charge in [0.2, 0.25) is 0 Å². The predicted molar refractivity (Wildman–Crippen MR) is 86.6 cm³/mol. The highest BCUT2D eigenvalue weighted by molar-refractivity contribution is 7.86. The molecule has 21 heavy (non-hydrogen) atoms. The van der Waals surface area contributed by atoms with E-state index in [9.17, 15) is 8.42 Å². The highest BCUT2D eigenvalue weighted by Gasteiger charge is 2.30. The molecular formula is C15H25N3O2S. The summed E-state index contributed by atoms with van der Waals surface area (Å²) in [6.07, 6.45) is 1.93. The normalized spacial score (nSPS) is 16.6. The zero-order valence-corrected chi connectivity index (χ0v) is 13.9. The molecule has 1 heterocycles. The molecule has 0 saturated carbocycles. The topological polar surface area (TPSA) is 43.9 Å². The number of rotatable bonds is 6. The molecular weight excluding hydrogens is 286 g/mol. The van der Waals surface area contributed by atoms with Gasteiger partial charge in [0.25, 0.3) is 10.2 Å². The van der Waals surface area contributed by atoms with E-state index >= 15 is 0 Å². The molecule has 2 rings (SSSR count). The summed E-state index contributed by atoms with van der Waals surface area (Å²) < 4.78 is 28.3. The Bertz CT molecular complexity index is 549. The predicted octanol–water partition coefficient (Wildman–Crippen LogP) is 1.92. The summed E-state index contributed by atoms with van der Waals surface area (Å²) in [4.78, 5) is 2.03. The van der Waals surface area contributed by atoms with Crippen LogP contribution in [0.3, 0.4) is 0 Å². The highest BCUT2D eigenvalue weighted by Crippen LogP contribution is 2.20. The van der Waals surface area contributed by atoms with Crippen molar-refractivity contribution >= 4 is 15.9 Å². The van der Waals surface area contributed by atoms with Gasteiger partial charge >= 0.3 is 0 Å². The Morgan fingerprint density at radius 3 is 2.14 bits per heavy atom. The van der Waals surface area contributed by atoms with Crippen molar-refractivity contribution in [2.75, 3.05) is 38.6 Å². The van der Waals surface area contributed by atoms with E-state index < -0.39 is 10.2 Å². The van der Waals surface area contributed by atoms with Crippen LogP contribution in [0.15, 0.2) is 24.3 Å². The van der Waals surface area contributed by atoms with Crippen LogP contribution >= 0.6 is 0 Å². The van der Waals surface area contributed by atoms with Gasteiger partial charge in [0.1, 0.15) is 0 Å². The third-order valence-electron chi connectivity index (χ3n) is 3.88. The molecule has 6 heteroatoms. The molecule has 118 valence electrons. The minimum Gasteiger partial charge on any atom is -0.378 e. The first kappa shape index (κ1) is 16.3. The van der Waals surface area contributed by atoms with Crippen molar-refractivity contribution in [2.45, 2.75) is 26.3 Å². The summed E-state index contributed by atoms with van der Waals surface area (Å²) >= 11 is 0. The average Bonchev–Trinajstić information content (AvgIpc) is 3.00. The van der Waals surface area contributed by atoms with Gasteiger partial charge < -0.3 is 4.90 Å². The molecule has 0 bridgehead atoms. The molecule has 0 aliphatic carbocycles. The summed E-state index contributed by atoms with van der Waals surface area (Å²) in [7, 11) is 0.663. The van der Waals surface area contributed by atoms with E-state index in [1.54, 1.807) is 8.61 Å². The Labute approximate surface area is 128 Å². The van der Waals surface area contributed by atoms with Gasteiger partial charge in [-0.2, -0.15) is 17.0 Å². The molecule has 0 unspecified atom stereocenters. The standard InChI is InChI=1S/C15H25N3O2S/c1-4-17(21(19,20)18-11-5-6-12-18)13-14-7-9-15(10-8-14)16(2)3/h7-10H,4-6,11-13H2,1-3H3. The van der Waals surface area contributed by atoms with Crippen LogP contribution in [0, 0.1) is 0 Å². The second kappa shape index (κ2) is 6.77. The molecule has 0 radical (unpaired) electrons. The third-order valence-corrected chi connectivity index (χ3v) is 5.94. The minimum absolute atomic E-state index is 0.434. The molecule has 1 fully saturated rings. The fraction of sp³-hybridized carbons (Fsp3) is 0.600. The lowest BCUT2D eigenvalue weighted by molar-refractivity contribution is 0.365. The second-order valence-electron chi connectivity index (χ2n) is 5.60. The van der Waals surface area contributed by atoms with E-state index in [0.717, 1.165) is 24.1 Å². The van der Waals surface area contributed by atoms with Crippen LogP contribution in [-0.4, -0.2) is 50.8 Å². The van der Waals surface area contributed by atoms with Crippen molar-refractivity contribution in [1.82, 2.24) is 8.61 Å². The molecule has 1 aromatic rings. The Balaban J connectivity index is 2.11. The maximum absolute atomic E-state index is 12.6. The smallest absolute Gasteiger partial charge is 0.282 e. The van der Waals surface area contributed by atoms with Crippen molar-refractivity contribution in [2.24, 2.45) is 0 Å². The van der Waals surface area contributed by atoms with Crippen LogP contribution in [0.25, 0.3) is 0 Å². The molecule has 0 spiro atoms. The van der Waals surface area contributed by atoms with Crippen molar-refractivity contribution in [1.29, 1.82) is 0 Å². The van der Waals surface area contributed by atoms with Crippen LogP contribution < -0.4 is 4.90 Å². The van der Waals surface area contributed by atoms with Crippen molar-refractivity contribution in [3.63, 3.8) is 0 Å². The molecule has 0 amide bonds. The third kappa shape index (κ3) is 3.75. The number of nitrogens with zero attached hydrogens (tertiary/aromatic N) is 3. The molecule has 1 aliphatic rings. The molecule has 0 N–H and O–H groups in total. The molecule has 1 aromatic carbocycles. The van der Waals surface area contributed by atoms with Gasteiger partial charge in [-0.15, -0.1) is 0 Å². The second-order valence-corrected chi connectivity index (χ2v) is 7.53. The Morgan fingerprint density at radius 1 is 1.10 bits per heavy atom. The van der Waals surface area contributed by atoms with Crippen molar-refractivity contribution in [3.05, 3.63) is 29.8 Å². The SMILES string of the molecule is CCN(Cc1ccc(N(C)C)cc1)S(=O)(=O)N1CCCC1. The Hall–Kier alpha value is -1.11. The van der Waals surface area contributed by atoms with E-state index in [1.807, 2.05) is 50.2 Å². The number of benzene rings is 1. The summed E-state index contributed by atoms with van der Waals surface area (Å²) in [6.45, 7) is 4.12. The quantitative estimate of drug-likeness (QED) is 0.806. The summed E-state index contributed by atoms with van der Waals surface area (Å²) in [5.41, 5.74) is 2.13. The maximum Gasteiger partial charge on any atom is 0.282 e. The lowest BCUT2D eigenvalue weighted by Crippen LogP contribution is -2.41. The summed E-state index contributed by atoms with van der Waals surface area (Å²) in [5, 5.41) is 0. The van der Waals surface area contributed by atoms with E-state index in [4.69, 9.17) is 0 Å². The van der Waals surface area contributed by atoms with E-state index in [2.05, 4.69) is 0 Å². The molecule has 0 aromatic heterocycles. The number of anilines is 1. The zero-order chi connectivity index (χ0) is 15.5. The van der Waals surface area contributed by atoms with Crippen molar-refractivity contribution in [3.8, 4) is 0 Å². The van der Waals surface area contributed by atoms with Gasteiger partial charge in [-0.1, -0.05) is 19.1 Å². The molecule has 1 aliphatic heterocycles. The maximum atomic E-state index is 12.6. The summed E-state index contributed by atoms with van der Waals surface area (Å²) in [5.74, 6) is 0. The zero-order valence-electron chi connectivity index (χ0n) is 13.1. The van der Waals surface area contributed by atoms with E-state index in [0.29, 0.717) is 26.2 Å². The average molecular weight is 311 g/mol. The monoisotopic (exact) mass is 311 g/mol. The largest absolute Gasteiger partial charge is 0.378 e. The van der Waals surface area contributed by atoms with Gasteiger partial charge in [-0.25, -0.2) is 0 Å². The summed E-state index contributed by atoms with van der Waals surface area (Å²) in [6, 6.07) is 8.03. The number of hydrogen-bond donors (Lipinski definition) is 0. The van der Waals surface area contributed by atoms with Crippen LogP contribution in [0.5, 0.6) is 0 Å². The van der Waals surface area contributed by atoms with Gasteiger partial charge in [-0.3, -0.25) is 0 Å².